The first kappa shape index (κ1) is 20.0. The van der Waals surface area contributed by atoms with Gasteiger partial charge in [0.1, 0.15) is 0 Å². The van der Waals surface area contributed by atoms with E-state index in [9.17, 15) is 5.11 Å². The van der Waals surface area contributed by atoms with E-state index in [2.05, 4.69) is 42.2 Å². The van der Waals surface area contributed by atoms with Crippen molar-refractivity contribution in [1.82, 2.24) is 4.90 Å². The quantitative estimate of drug-likeness (QED) is 0.728. The van der Waals surface area contributed by atoms with Gasteiger partial charge in [-0.2, -0.15) is 0 Å². The third-order valence-electron chi connectivity index (χ3n) is 8.63. The van der Waals surface area contributed by atoms with Crippen LogP contribution in [0.5, 0.6) is 0 Å². The molecule has 5 fully saturated rings. The van der Waals surface area contributed by atoms with Crippen molar-refractivity contribution in [2.75, 3.05) is 32.8 Å². The number of aliphatic hydroxyl groups excluding tert-OH is 1. The number of benzene rings is 1. The van der Waals surface area contributed by atoms with Crippen LogP contribution >= 0.6 is 0 Å². The Kier molecular flexibility index (Phi) is 5.51. The number of hydrogen-bond acceptors (Lipinski definition) is 3. The van der Waals surface area contributed by atoms with E-state index in [1.807, 2.05) is 0 Å². The van der Waals surface area contributed by atoms with Gasteiger partial charge in [0.2, 0.25) is 0 Å². The molecule has 0 aromatic heterocycles. The lowest BCUT2D eigenvalue weighted by Gasteiger charge is -2.62. The number of rotatable bonds is 7. The largest absolute Gasteiger partial charge is 0.389 e. The standard InChI is InChI=1S/C26H39NO2/c1-20-7-9-27(10-8-20)16-24(28)17-29-19-25-12-21-11-22(13-25)15-26(14-21,18-25)23-5-3-2-4-6-23/h2-6,20-22,24,28H,7-19H2,1H3/t21?,22?,24-,25?,26?/m0/s1. The minimum absolute atomic E-state index is 0.347. The average Bonchev–Trinajstić information content (AvgIpc) is 2.69. The van der Waals surface area contributed by atoms with Crippen LogP contribution in [0.1, 0.15) is 63.9 Å². The van der Waals surface area contributed by atoms with E-state index in [1.165, 1.54) is 51.4 Å². The molecule has 4 aliphatic carbocycles. The normalized spacial score (nSPS) is 38.4. The topological polar surface area (TPSA) is 32.7 Å². The van der Waals surface area contributed by atoms with Crippen molar-refractivity contribution in [3.8, 4) is 0 Å². The van der Waals surface area contributed by atoms with Gasteiger partial charge in [0.05, 0.1) is 19.3 Å². The molecule has 1 aliphatic heterocycles. The second-order valence-corrected chi connectivity index (χ2v) is 11.3. The SMILES string of the molecule is CC1CCN(C[C@H](O)COCC23CC4CC(C2)CC(c2ccccc2)(C4)C3)CC1. The molecule has 1 N–H and O–H groups in total. The van der Waals surface area contributed by atoms with Crippen molar-refractivity contribution in [2.45, 2.75) is 69.8 Å². The van der Waals surface area contributed by atoms with Crippen LogP contribution in [-0.4, -0.2) is 49.0 Å². The van der Waals surface area contributed by atoms with Crippen LogP contribution in [0.15, 0.2) is 30.3 Å². The molecule has 1 aromatic carbocycles. The first-order chi connectivity index (χ1) is 14.0. The molecule has 5 aliphatic rings. The second kappa shape index (κ2) is 7.98. The third-order valence-corrected chi connectivity index (χ3v) is 8.63. The monoisotopic (exact) mass is 397 g/mol. The molecule has 29 heavy (non-hydrogen) atoms. The fourth-order valence-electron chi connectivity index (χ4n) is 7.76. The van der Waals surface area contributed by atoms with Crippen LogP contribution in [0.2, 0.25) is 0 Å². The van der Waals surface area contributed by atoms with Crippen molar-refractivity contribution in [3.63, 3.8) is 0 Å². The van der Waals surface area contributed by atoms with Gasteiger partial charge >= 0.3 is 0 Å². The number of hydrogen-bond donors (Lipinski definition) is 1. The highest BCUT2D eigenvalue weighted by molar-refractivity contribution is 5.30. The molecular weight excluding hydrogens is 358 g/mol. The number of ether oxygens (including phenoxy) is 1. The summed E-state index contributed by atoms with van der Waals surface area (Å²) in [5.74, 6) is 2.59. The maximum Gasteiger partial charge on any atom is 0.0900 e. The summed E-state index contributed by atoms with van der Waals surface area (Å²) in [4.78, 5) is 2.42. The Labute approximate surface area is 176 Å². The highest BCUT2D eigenvalue weighted by atomic mass is 16.5. The highest BCUT2D eigenvalue weighted by Crippen LogP contribution is 2.65. The van der Waals surface area contributed by atoms with Crippen LogP contribution in [0.25, 0.3) is 0 Å². The van der Waals surface area contributed by atoms with Crippen molar-refractivity contribution in [2.24, 2.45) is 23.2 Å². The van der Waals surface area contributed by atoms with E-state index in [-0.39, 0.29) is 6.10 Å². The van der Waals surface area contributed by atoms with Crippen LogP contribution in [0, 0.1) is 23.2 Å². The van der Waals surface area contributed by atoms with Crippen molar-refractivity contribution in [3.05, 3.63) is 35.9 Å². The Morgan fingerprint density at radius 2 is 1.76 bits per heavy atom. The molecule has 0 amide bonds. The number of aliphatic hydroxyl groups is 1. The van der Waals surface area contributed by atoms with E-state index >= 15 is 0 Å². The van der Waals surface area contributed by atoms with Gasteiger partial charge in [-0.05, 0) is 98.6 Å². The molecule has 2 unspecified atom stereocenters. The summed E-state index contributed by atoms with van der Waals surface area (Å²) < 4.78 is 6.25. The predicted molar refractivity (Wildman–Crippen MR) is 117 cm³/mol. The van der Waals surface area contributed by atoms with Crippen molar-refractivity contribution in [1.29, 1.82) is 0 Å². The lowest BCUT2D eigenvalue weighted by atomic mass is 9.43. The molecule has 4 bridgehead atoms. The Morgan fingerprint density at radius 1 is 1.07 bits per heavy atom. The van der Waals surface area contributed by atoms with E-state index in [0.717, 1.165) is 44.0 Å². The molecule has 6 rings (SSSR count). The summed E-state index contributed by atoms with van der Waals surface area (Å²) in [6, 6.07) is 11.3. The highest BCUT2D eigenvalue weighted by Gasteiger charge is 2.58. The zero-order chi connectivity index (χ0) is 19.9. The van der Waals surface area contributed by atoms with Crippen molar-refractivity contribution >= 4 is 0 Å². The minimum atomic E-state index is -0.347. The van der Waals surface area contributed by atoms with Gasteiger partial charge in [0.15, 0.2) is 0 Å². The molecule has 160 valence electrons. The summed E-state index contributed by atoms with van der Waals surface area (Å²) in [5.41, 5.74) is 2.30. The first-order valence-electron chi connectivity index (χ1n) is 12.1. The van der Waals surface area contributed by atoms with Crippen LogP contribution in [0.4, 0.5) is 0 Å². The molecule has 1 heterocycles. The minimum Gasteiger partial charge on any atom is -0.389 e. The van der Waals surface area contributed by atoms with Gasteiger partial charge < -0.3 is 14.7 Å². The molecule has 1 aromatic rings. The predicted octanol–water partition coefficient (Wildman–Crippen LogP) is 4.63. The summed E-state index contributed by atoms with van der Waals surface area (Å²) in [6.45, 7) is 6.73. The summed E-state index contributed by atoms with van der Waals surface area (Å²) in [5, 5.41) is 10.5. The molecule has 3 nitrogen and oxygen atoms in total. The number of β-amino-alcohol motifs (C(OH)–C–C–N with tert-alkyl or cyclic N) is 1. The zero-order valence-electron chi connectivity index (χ0n) is 18.2. The van der Waals surface area contributed by atoms with Gasteiger partial charge in [-0.3, -0.25) is 0 Å². The second-order valence-electron chi connectivity index (χ2n) is 11.3. The molecule has 3 atom stereocenters. The van der Waals surface area contributed by atoms with Crippen LogP contribution < -0.4 is 0 Å². The van der Waals surface area contributed by atoms with E-state index in [4.69, 9.17) is 4.74 Å². The van der Waals surface area contributed by atoms with Crippen LogP contribution in [0.3, 0.4) is 0 Å². The zero-order valence-corrected chi connectivity index (χ0v) is 18.2. The number of nitrogens with zero attached hydrogens (tertiary/aromatic N) is 1. The van der Waals surface area contributed by atoms with Crippen LogP contribution in [-0.2, 0) is 10.2 Å². The maximum absolute atomic E-state index is 10.5. The molecule has 0 spiro atoms. The Balaban J connectivity index is 1.18. The average molecular weight is 398 g/mol. The van der Waals surface area contributed by atoms with Gasteiger partial charge in [-0.25, -0.2) is 0 Å². The number of piperidine rings is 1. The Bertz CT molecular complexity index is 667. The Hall–Kier alpha value is -0.900. The third kappa shape index (κ3) is 4.16. The molecule has 3 heteroatoms. The van der Waals surface area contributed by atoms with E-state index < -0.39 is 0 Å². The molecule has 0 radical (unpaired) electrons. The van der Waals surface area contributed by atoms with Gasteiger partial charge in [-0.1, -0.05) is 37.3 Å². The summed E-state index contributed by atoms with van der Waals surface area (Å²) >= 11 is 0. The smallest absolute Gasteiger partial charge is 0.0900 e. The van der Waals surface area contributed by atoms with Gasteiger partial charge in [0, 0.05) is 6.54 Å². The summed E-state index contributed by atoms with van der Waals surface area (Å²) in [7, 11) is 0. The lowest BCUT2D eigenvalue weighted by Crippen LogP contribution is -2.55. The molecule has 4 saturated carbocycles. The van der Waals surface area contributed by atoms with Crippen molar-refractivity contribution < 1.29 is 9.84 Å². The van der Waals surface area contributed by atoms with Gasteiger partial charge in [-0.15, -0.1) is 0 Å². The van der Waals surface area contributed by atoms with E-state index in [0.29, 0.717) is 17.4 Å². The molecule has 1 saturated heterocycles. The Morgan fingerprint density at radius 3 is 2.45 bits per heavy atom. The summed E-state index contributed by atoms with van der Waals surface area (Å²) in [6.07, 6.45) is 10.4. The maximum atomic E-state index is 10.5. The fraction of sp³-hybridized carbons (Fsp3) is 0.769. The van der Waals surface area contributed by atoms with E-state index in [1.54, 1.807) is 5.56 Å². The lowest BCUT2D eigenvalue weighted by molar-refractivity contribution is -0.119. The molecular formula is C26H39NO2. The fourth-order valence-corrected chi connectivity index (χ4v) is 7.76. The number of likely N-dealkylation sites (tertiary alicyclic amines) is 1. The first-order valence-corrected chi connectivity index (χ1v) is 12.1. The van der Waals surface area contributed by atoms with Gasteiger partial charge in [0.25, 0.3) is 0 Å².